The zero-order valence-electron chi connectivity index (χ0n) is 9.11. The quantitative estimate of drug-likeness (QED) is 0.321. The first-order valence-electron chi connectivity index (χ1n) is 5.33. The van der Waals surface area contributed by atoms with Crippen LogP contribution >= 0.6 is 0 Å². The molecule has 0 spiro atoms. The second-order valence-electron chi connectivity index (χ2n) is 4.74. The summed E-state index contributed by atoms with van der Waals surface area (Å²) in [6, 6.07) is 4.26. The van der Waals surface area contributed by atoms with Crippen molar-refractivity contribution < 1.29 is 35.4 Å². The first-order valence-corrected chi connectivity index (χ1v) is 5.33. The van der Waals surface area contributed by atoms with Crippen LogP contribution in [0.2, 0.25) is 0 Å². The molecule has 0 radical (unpaired) electrons. The van der Waals surface area contributed by atoms with Crippen LogP contribution in [0.5, 0.6) is 5.75 Å². The van der Waals surface area contributed by atoms with Crippen LogP contribution in [-0.4, -0.2) is 42.4 Å². The first-order chi connectivity index (χ1) is 8.17. The molecule has 1 aromatic rings. The Morgan fingerprint density at radius 3 is 2.22 bits per heavy atom. The Kier molecular flexibility index (Phi) is 1.99. The fourth-order valence-corrected chi connectivity index (χ4v) is 2.28. The van der Waals surface area contributed by atoms with E-state index in [0.717, 1.165) is 0 Å². The standard InChI is InChI=1S/C11H12O7/c12-9(13)4-6(9)5-2-1-3-7-8(5)10(14,15)11(16,17)18-7/h1-3,6,12-17H,4H2. The van der Waals surface area contributed by atoms with Crippen LogP contribution in [0.3, 0.4) is 0 Å². The summed E-state index contributed by atoms with van der Waals surface area (Å²) in [7, 11) is 0. The number of fused-ring (bicyclic) bond motifs is 1. The molecule has 1 atom stereocenters. The summed E-state index contributed by atoms with van der Waals surface area (Å²) in [4.78, 5) is 0. The third-order valence-corrected chi connectivity index (χ3v) is 3.39. The molecular formula is C11H12O7. The summed E-state index contributed by atoms with van der Waals surface area (Å²) in [5.41, 5.74) is -0.0579. The fourth-order valence-electron chi connectivity index (χ4n) is 2.28. The Bertz CT molecular complexity index is 520. The summed E-state index contributed by atoms with van der Waals surface area (Å²) in [5, 5.41) is 57.2. The average Bonchev–Trinajstić information content (AvgIpc) is 2.80. The zero-order valence-corrected chi connectivity index (χ0v) is 9.11. The van der Waals surface area contributed by atoms with Gasteiger partial charge in [-0.2, -0.15) is 0 Å². The third kappa shape index (κ3) is 1.34. The van der Waals surface area contributed by atoms with Crippen molar-refractivity contribution in [2.75, 3.05) is 0 Å². The molecule has 6 N–H and O–H groups in total. The monoisotopic (exact) mass is 256 g/mol. The van der Waals surface area contributed by atoms with Crippen molar-refractivity contribution in [1.82, 2.24) is 0 Å². The van der Waals surface area contributed by atoms with Crippen LogP contribution < -0.4 is 4.74 Å². The highest BCUT2D eigenvalue weighted by molar-refractivity contribution is 5.51. The molecular weight excluding hydrogens is 244 g/mol. The van der Waals surface area contributed by atoms with Gasteiger partial charge in [0, 0.05) is 12.3 Å². The van der Waals surface area contributed by atoms with Gasteiger partial charge in [0.1, 0.15) is 5.75 Å². The average molecular weight is 256 g/mol. The maximum absolute atomic E-state index is 9.77. The van der Waals surface area contributed by atoms with Gasteiger partial charge < -0.3 is 35.4 Å². The van der Waals surface area contributed by atoms with Crippen molar-refractivity contribution in [2.45, 2.75) is 29.9 Å². The van der Waals surface area contributed by atoms with E-state index in [-0.39, 0.29) is 23.3 Å². The molecule has 1 aliphatic heterocycles. The molecule has 98 valence electrons. The molecule has 1 heterocycles. The Labute approximate surface area is 101 Å². The zero-order chi connectivity index (χ0) is 13.3. The minimum absolute atomic E-state index is 0.0311. The molecule has 0 bridgehead atoms. The van der Waals surface area contributed by atoms with Crippen LogP contribution in [0.4, 0.5) is 0 Å². The van der Waals surface area contributed by atoms with Gasteiger partial charge in [-0.05, 0) is 11.6 Å². The molecule has 3 rings (SSSR count). The van der Waals surface area contributed by atoms with Crippen LogP contribution in [-0.2, 0) is 5.79 Å². The van der Waals surface area contributed by atoms with E-state index in [9.17, 15) is 30.6 Å². The number of benzene rings is 1. The predicted octanol–water partition coefficient (Wildman–Crippen LogP) is -1.98. The number of ether oxygens (including phenoxy) is 1. The number of hydrogen-bond acceptors (Lipinski definition) is 7. The van der Waals surface area contributed by atoms with Crippen molar-refractivity contribution in [1.29, 1.82) is 0 Å². The molecule has 7 heteroatoms. The molecule has 18 heavy (non-hydrogen) atoms. The molecule has 1 saturated carbocycles. The van der Waals surface area contributed by atoms with E-state index in [1.807, 2.05) is 0 Å². The van der Waals surface area contributed by atoms with Gasteiger partial charge in [0.05, 0.1) is 5.56 Å². The summed E-state index contributed by atoms with van der Waals surface area (Å²) in [6.45, 7) is 0. The molecule has 1 aliphatic carbocycles. The van der Waals surface area contributed by atoms with Gasteiger partial charge in [-0.1, -0.05) is 12.1 Å². The van der Waals surface area contributed by atoms with E-state index >= 15 is 0 Å². The number of hydrogen-bond donors (Lipinski definition) is 6. The van der Waals surface area contributed by atoms with Gasteiger partial charge in [0.25, 0.3) is 5.79 Å². The van der Waals surface area contributed by atoms with Crippen molar-refractivity contribution in [3.8, 4) is 5.75 Å². The normalized spacial score (nSPS) is 29.6. The van der Waals surface area contributed by atoms with E-state index in [1.165, 1.54) is 18.2 Å². The van der Waals surface area contributed by atoms with Crippen LogP contribution in [0.1, 0.15) is 23.5 Å². The van der Waals surface area contributed by atoms with Gasteiger partial charge in [0.15, 0.2) is 5.79 Å². The highest BCUT2D eigenvalue weighted by atomic mass is 16.8. The Morgan fingerprint density at radius 2 is 1.67 bits per heavy atom. The molecule has 2 aliphatic rings. The highest BCUT2D eigenvalue weighted by Crippen LogP contribution is 2.55. The van der Waals surface area contributed by atoms with Gasteiger partial charge in [0.2, 0.25) is 0 Å². The predicted molar refractivity (Wildman–Crippen MR) is 54.9 cm³/mol. The van der Waals surface area contributed by atoms with Crippen LogP contribution in [0.25, 0.3) is 0 Å². The second kappa shape index (κ2) is 3.02. The SMILES string of the molecule is OC1(O)CC1c1cccc2c1C(O)(O)C(O)(O)O2. The maximum atomic E-state index is 9.77. The van der Waals surface area contributed by atoms with Gasteiger partial charge >= 0.3 is 5.97 Å². The van der Waals surface area contributed by atoms with Gasteiger partial charge in [-0.3, -0.25) is 0 Å². The first kappa shape index (κ1) is 11.8. The Hall–Kier alpha value is -1.22. The van der Waals surface area contributed by atoms with E-state index in [1.54, 1.807) is 0 Å². The minimum Gasteiger partial charge on any atom is -0.434 e. The Morgan fingerprint density at radius 1 is 1.06 bits per heavy atom. The van der Waals surface area contributed by atoms with E-state index < -0.39 is 23.5 Å². The number of aliphatic hydroxyl groups is 6. The molecule has 1 aromatic carbocycles. The second-order valence-corrected chi connectivity index (χ2v) is 4.74. The van der Waals surface area contributed by atoms with E-state index in [2.05, 4.69) is 4.74 Å². The number of rotatable bonds is 1. The third-order valence-electron chi connectivity index (χ3n) is 3.39. The lowest BCUT2D eigenvalue weighted by Crippen LogP contribution is -2.51. The van der Waals surface area contributed by atoms with Gasteiger partial charge in [-0.15, -0.1) is 0 Å². The molecule has 0 saturated heterocycles. The highest BCUT2D eigenvalue weighted by Gasteiger charge is 2.63. The summed E-state index contributed by atoms with van der Waals surface area (Å²) >= 11 is 0. The molecule has 1 fully saturated rings. The summed E-state index contributed by atoms with van der Waals surface area (Å²) < 4.78 is 4.64. The smallest absolute Gasteiger partial charge is 0.384 e. The molecule has 0 aromatic heterocycles. The maximum Gasteiger partial charge on any atom is 0.384 e. The van der Waals surface area contributed by atoms with Crippen LogP contribution in [0, 0.1) is 0 Å². The summed E-state index contributed by atoms with van der Waals surface area (Å²) in [6.07, 6.45) is 0.0311. The van der Waals surface area contributed by atoms with Crippen molar-refractivity contribution >= 4 is 0 Å². The van der Waals surface area contributed by atoms with Crippen LogP contribution in [0.15, 0.2) is 18.2 Å². The lowest BCUT2D eigenvalue weighted by Gasteiger charge is -2.26. The molecule has 1 unspecified atom stereocenters. The lowest BCUT2D eigenvalue weighted by atomic mass is 9.95. The van der Waals surface area contributed by atoms with E-state index in [4.69, 9.17) is 0 Å². The Balaban J connectivity index is 2.15. The minimum atomic E-state index is -3.17. The lowest BCUT2D eigenvalue weighted by molar-refractivity contribution is -0.426. The summed E-state index contributed by atoms with van der Waals surface area (Å²) in [5.74, 6) is -8.96. The van der Waals surface area contributed by atoms with E-state index in [0.29, 0.717) is 0 Å². The molecule has 7 nitrogen and oxygen atoms in total. The molecule has 0 amide bonds. The van der Waals surface area contributed by atoms with Crippen molar-refractivity contribution in [2.24, 2.45) is 0 Å². The fraction of sp³-hybridized carbons (Fsp3) is 0.455. The van der Waals surface area contributed by atoms with Gasteiger partial charge in [-0.25, -0.2) is 0 Å². The topological polar surface area (TPSA) is 131 Å². The van der Waals surface area contributed by atoms with Crippen molar-refractivity contribution in [3.05, 3.63) is 29.3 Å². The van der Waals surface area contributed by atoms with Crippen molar-refractivity contribution in [3.63, 3.8) is 0 Å². The largest absolute Gasteiger partial charge is 0.434 e.